The molecule has 1 aliphatic rings. The lowest BCUT2D eigenvalue weighted by Gasteiger charge is -2.34. The molecular weight excluding hydrogens is 176 g/mol. The van der Waals surface area contributed by atoms with Crippen molar-refractivity contribution in [3.8, 4) is 0 Å². The molecule has 1 rings (SSSR count). The predicted octanol–water partition coefficient (Wildman–Crippen LogP) is -0.838. The normalized spacial score (nSPS) is 40.4. The van der Waals surface area contributed by atoms with Gasteiger partial charge in [-0.1, -0.05) is 0 Å². The first-order valence-electron chi connectivity index (χ1n) is 4.00. The number of rotatable bonds is 1. The zero-order valence-corrected chi connectivity index (χ0v) is 7.23. The fourth-order valence-electron chi connectivity index (χ4n) is 1.53. The van der Waals surface area contributed by atoms with Crippen molar-refractivity contribution < 1.29 is 24.9 Å². The molecule has 1 aliphatic carbocycles. The minimum absolute atomic E-state index is 0.127. The maximum absolute atomic E-state index is 10.9. The zero-order chi connectivity index (χ0) is 10.2. The Morgan fingerprint density at radius 1 is 1.38 bits per heavy atom. The summed E-state index contributed by atoms with van der Waals surface area (Å²) < 4.78 is 0. The van der Waals surface area contributed by atoms with Gasteiger partial charge >= 0.3 is 5.97 Å². The number of aliphatic carboxylic acids is 1. The fourth-order valence-corrected chi connectivity index (χ4v) is 1.53. The van der Waals surface area contributed by atoms with Crippen LogP contribution in [0, 0.1) is 5.41 Å². The molecule has 2 atom stereocenters. The van der Waals surface area contributed by atoms with Gasteiger partial charge < -0.3 is 15.3 Å². The molecule has 74 valence electrons. The molecule has 0 aromatic carbocycles. The summed E-state index contributed by atoms with van der Waals surface area (Å²) in [5.74, 6) is -1.78. The van der Waals surface area contributed by atoms with Crippen molar-refractivity contribution >= 4 is 11.8 Å². The third-order valence-corrected chi connectivity index (χ3v) is 2.46. The van der Waals surface area contributed by atoms with Crippen molar-refractivity contribution in [1.29, 1.82) is 0 Å². The molecule has 1 saturated carbocycles. The summed E-state index contributed by atoms with van der Waals surface area (Å²) in [4.78, 5) is 21.7. The first kappa shape index (κ1) is 10.1. The van der Waals surface area contributed by atoms with Gasteiger partial charge in [-0.05, 0) is 19.8 Å². The molecule has 13 heavy (non-hydrogen) atoms. The number of hydrogen-bond acceptors (Lipinski definition) is 4. The van der Waals surface area contributed by atoms with Gasteiger partial charge in [0, 0.05) is 0 Å². The van der Waals surface area contributed by atoms with Gasteiger partial charge in [0.25, 0.3) is 0 Å². The molecule has 0 saturated heterocycles. The molecule has 1 fully saturated rings. The number of aliphatic hydroxyl groups excluding tert-OH is 2. The van der Waals surface area contributed by atoms with E-state index in [0.29, 0.717) is 0 Å². The van der Waals surface area contributed by atoms with E-state index in [9.17, 15) is 9.59 Å². The van der Waals surface area contributed by atoms with E-state index >= 15 is 0 Å². The molecular formula is C8H12O5. The van der Waals surface area contributed by atoms with Gasteiger partial charge in [-0.3, -0.25) is 9.59 Å². The summed E-state index contributed by atoms with van der Waals surface area (Å²) in [5.41, 5.74) is -1.20. The second-order valence-corrected chi connectivity index (χ2v) is 3.71. The smallest absolute Gasteiger partial charge is 0.309 e. The summed E-state index contributed by atoms with van der Waals surface area (Å²) in [6, 6.07) is 0. The lowest BCUT2D eigenvalue weighted by atomic mass is 9.73. The molecule has 2 unspecified atom stereocenters. The second kappa shape index (κ2) is 3.08. The minimum atomic E-state index is -1.36. The molecule has 0 radical (unpaired) electrons. The Morgan fingerprint density at radius 3 is 2.08 bits per heavy atom. The molecule has 0 bridgehead atoms. The van der Waals surface area contributed by atoms with Crippen LogP contribution in [0.25, 0.3) is 0 Å². The van der Waals surface area contributed by atoms with Gasteiger partial charge in [0.1, 0.15) is 12.2 Å². The molecule has 3 N–H and O–H groups in total. The lowest BCUT2D eigenvalue weighted by molar-refractivity contribution is -0.161. The summed E-state index contributed by atoms with van der Waals surface area (Å²) in [6.07, 6.45) is -2.97. The van der Waals surface area contributed by atoms with Crippen molar-refractivity contribution in [2.45, 2.75) is 32.0 Å². The minimum Gasteiger partial charge on any atom is -0.481 e. The third kappa shape index (κ3) is 1.71. The third-order valence-electron chi connectivity index (χ3n) is 2.46. The van der Waals surface area contributed by atoms with Crippen LogP contribution in [0.4, 0.5) is 0 Å². The van der Waals surface area contributed by atoms with Crippen molar-refractivity contribution in [1.82, 2.24) is 0 Å². The van der Waals surface area contributed by atoms with Crippen LogP contribution in [-0.2, 0) is 9.59 Å². The number of aliphatic hydroxyl groups is 2. The van der Waals surface area contributed by atoms with E-state index in [-0.39, 0.29) is 12.8 Å². The van der Waals surface area contributed by atoms with E-state index in [4.69, 9.17) is 15.3 Å². The monoisotopic (exact) mass is 188 g/mol. The summed E-state index contributed by atoms with van der Waals surface area (Å²) in [6.45, 7) is 1.41. The van der Waals surface area contributed by atoms with E-state index in [1.807, 2.05) is 0 Å². The van der Waals surface area contributed by atoms with E-state index in [1.54, 1.807) is 0 Å². The molecule has 0 aromatic rings. The Morgan fingerprint density at radius 2 is 1.77 bits per heavy atom. The first-order valence-corrected chi connectivity index (χ1v) is 4.00. The summed E-state index contributed by atoms with van der Waals surface area (Å²) >= 11 is 0. The topological polar surface area (TPSA) is 94.8 Å². The highest BCUT2D eigenvalue weighted by Crippen LogP contribution is 2.34. The predicted molar refractivity (Wildman–Crippen MR) is 42.0 cm³/mol. The largest absolute Gasteiger partial charge is 0.481 e. The van der Waals surface area contributed by atoms with Crippen LogP contribution in [0.1, 0.15) is 19.8 Å². The quantitative estimate of drug-likeness (QED) is 0.499. The average Bonchev–Trinajstić information content (AvgIpc) is 2.00. The van der Waals surface area contributed by atoms with E-state index in [2.05, 4.69) is 0 Å². The van der Waals surface area contributed by atoms with Gasteiger partial charge in [-0.2, -0.15) is 0 Å². The Labute approximate surface area is 75.0 Å². The SMILES string of the molecule is CC1(C(=O)O)CC(O)C(=O)C(O)C1. The van der Waals surface area contributed by atoms with Crippen LogP contribution in [0.15, 0.2) is 0 Å². The fraction of sp³-hybridized carbons (Fsp3) is 0.750. The van der Waals surface area contributed by atoms with Gasteiger partial charge in [0.2, 0.25) is 0 Å². The molecule has 0 heterocycles. The van der Waals surface area contributed by atoms with Crippen LogP contribution in [0.3, 0.4) is 0 Å². The van der Waals surface area contributed by atoms with Crippen LogP contribution in [-0.4, -0.2) is 39.3 Å². The number of ketones is 1. The Hall–Kier alpha value is -0.940. The first-order chi connectivity index (χ1) is 5.87. The number of Topliss-reactive ketones (excluding diaryl/α,β-unsaturated/α-hetero) is 1. The van der Waals surface area contributed by atoms with Gasteiger partial charge in [-0.15, -0.1) is 0 Å². The standard InChI is InChI=1S/C8H12O5/c1-8(7(12)13)2-4(9)6(11)5(10)3-8/h4-5,9-10H,2-3H2,1H3,(H,12,13). The van der Waals surface area contributed by atoms with Crippen molar-refractivity contribution in [3.63, 3.8) is 0 Å². The molecule has 5 heteroatoms. The highest BCUT2D eigenvalue weighted by atomic mass is 16.4. The molecule has 0 aliphatic heterocycles. The van der Waals surface area contributed by atoms with Crippen LogP contribution in [0.2, 0.25) is 0 Å². The Kier molecular flexibility index (Phi) is 2.40. The molecule has 0 spiro atoms. The van der Waals surface area contributed by atoms with Gasteiger partial charge in [0.05, 0.1) is 5.41 Å². The van der Waals surface area contributed by atoms with Gasteiger partial charge in [-0.25, -0.2) is 0 Å². The van der Waals surface area contributed by atoms with Crippen LogP contribution in [0.5, 0.6) is 0 Å². The lowest BCUT2D eigenvalue weighted by Crippen LogP contribution is -2.48. The maximum Gasteiger partial charge on any atom is 0.309 e. The molecule has 0 amide bonds. The van der Waals surface area contributed by atoms with Crippen molar-refractivity contribution in [2.75, 3.05) is 0 Å². The average molecular weight is 188 g/mol. The van der Waals surface area contributed by atoms with Crippen LogP contribution >= 0.6 is 0 Å². The molecule has 5 nitrogen and oxygen atoms in total. The van der Waals surface area contributed by atoms with E-state index in [1.165, 1.54) is 6.92 Å². The molecule has 0 aromatic heterocycles. The van der Waals surface area contributed by atoms with Gasteiger partial charge in [0.15, 0.2) is 5.78 Å². The van der Waals surface area contributed by atoms with E-state index < -0.39 is 29.4 Å². The zero-order valence-electron chi connectivity index (χ0n) is 7.23. The second-order valence-electron chi connectivity index (χ2n) is 3.71. The number of carbonyl (C=O) groups is 2. The number of carbonyl (C=O) groups excluding carboxylic acids is 1. The number of carboxylic acid groups (broad SMARTS) is 1. The number of carboxylic acids is 1. The highest BCUT2D eigenvalue weighted by molar-refractivity contribution is 5.90. The Balaban J connectivity index is 2.85. The van der Waals surface area contributed by atoms with Crippen molar-refractivity contribution in [2.24, 2.45) is 5.41 Å². The van der Waals surface area contributed by atoms with Crippen LogP contribution < -0.4 is 0 Å². The number of hydrogen-bond donors (Lipinski definition) is 3. The summed E-state index contributed by atoms with van der Waals surface area (Å²) in [5, 5.41) is 27.1. The van der Waals surface area contributed by atoms with E-state index in [0.717, 1.165) is 0 Å². The highest BCUT2D eigenvalue weighted by Gasteiger charge is 2.46. The maximum atomic E-state index is 10.9. The Bertz CT molecular complexity index is 233. The van der Waals surface area contributed by atoms with Crippen molar-refractivity contribution in [3.05, 3.63) is 0 Å². The summed E-state index contributed by atoms with van der Waals surface area (Å²) in [7, 11) is 0.